The monoisotopic (exact) mass is 356 g/mol. The number of hydrogen-bond acceptors (Lipinski definition) is 3. The first-order chi connectivity index (χ1) is 3.83. The normalized spacial score (nSPS) is 8.67. The summed E-state index contributed by atoms with van der Waals surface area (Å²) < 4.78 is 0. The topological polar surface area (TPSA) is 33.1 Å². The van der Waals surface area contributed by atoms with Gasteiger partial charge in [0.1, 0.15) is 5.01 Å². The van der Waals surface area contributed by atoms with E-state index in [4.69, 9.17) is 5.11 Å². The SMILES string of the molecule is Cc1csc(CO)n1.[Ac]. The number of thiazole rings is 1. The number of hydrogen-bond donors (Lipinski definition) is 1. The molecule has 1 heterocycles. The van der Waals surface area contributed by atoms with E-state index in [-0.39, 0.29) is 50.7 Å². The predicted molar refractivity (Wildman–Crippen MR) is 32.8 cm³/mol. The van der Waals surface area contributed by atoms with E-state index in [1.165, 1.54) is 11.3 Å². The minimum absolute atomic E-state index is 0. The molecule has 0 bridgehead atoms. The Labute approximate surface area is 93.9 Å². The van der Waals surface area contributed by atoms with E-state index in [0.717, 1.165) is 10.7 Å². The molecule has 0 atom stereocenters. The number of aliphatic hydroxyl groups excluding tert-OH is 1. The van der Waals surface area contributed by atoms with Crippen LogP contribution in [0.25, 0.3) is 0 Å². The molecule has 0 amide bonds. The van der Waals surface area contributed by atoms with E-state index in [1.54, 1.807) is 0 Å². The molecule has 9 heavy (non-hydrogen) atoms. The molecular weight excluding hydrogens is 349 g/mol. The van der Waals surface area contributed by atoms with Crippen molar-refractivity contribution in [3.05, 3.63) is 16.1 Å². The summed E-state index contributed by atoms with van der Waals surface area (Å²) in [5.41, 5.74) is 0.985. The Hall–Kier alpha value is 1.03. The molecule has 0 aliphatic rings. The molecule has 1 N–H and O–H groups in total. The Morgan fingerprint density at radius 1 is 1.78 bits per heavy atom. The van der Waals surface area contributed by atoms with Gasteiger partial charge in [-0.3, -0.25) is 0 Å². The smallest absolute Gasteiger partial charge is 0.118 e. The zero-order valence-corrected chi connectivity index (χ0v) is 10.7. The molecule has 2 nitrogen and oxygen atoms in total. The average molecular weight is 356 g/mol. The van der Waals surface area contributed by atoms with Gasteiger partial charge >= 0.3 is 0 Å². The maximum absolute atomic E-state index is 8.50. The molecule has 0 spiro atoms. The van der Waals surface area contributed by atoms with Crippen LogP contribution in [0.4, 0.5) is 0 Å². The van der Waals surface area contributed by atoms with Crippen LogP contribution in [-0.4, -0.2) is 10.1 Å². The van der Waals surface area contributed by atoms with Crippen molar-refractivity contribution in [1.29, 1.82) is 0 Å². The summed E-state index contributed by atoms with van der Waals surface area (Å²) >= 11 is 1.49. The Balaban J connectivity index is 0.000000640. The first-order valence-corrected chi connectivity index (χ1v) is 3.23. The molecule has 1 radical (unpaired) electrons. The average Bonchev–Trinajstić information content (AvgIpc) is 2.14. The van der Waals surface area contributed by atoms with Crippen LogP contribution in [0.15, 0.2) is 5.38 Å². The number of aryl methyl sites for hydroxylation is 1. The van der Waals surface area contributed by atoms with Gasteiger partial charge in [0.05, 0.1) is 6.61 Å². The summed E-state index contributed by atoms with van der Waals surface area (Å²) in [6.45, 7) is 1.98. The zero-order valence-electron chi connectivity index (χ0n) is 5.16. The van der Waals surface area contributed by atoms with E-state index in [2.05, 4.69) is 4.98 Å². The van der Waals surface area contributed by atoms with Crippen LogP contribution in [0.5, 0.6) is 0 Å². The molecule has 0 unspecified atom stereocenters. The summed E-state index contributed by atoms with van der Waals surface area (Å²) in [5, 5.41) is 11.2. The Bertz CT molecular complexity index is 177. The van der Waals surface area contributed by atoms with Gasteiger partial charge < -0.3 is 5.11 Å². The standard InChI is InChI=1S/C5H7NOS.Ac/c1-4-3-8-5(2-7)6-4;/h3,7H,2H2,1H3;. The summed E-state index contributed by atoms with van der Waals surface area (Å²) in [6, 6.07) is 0. The second-order valence-electron chi connectivity index (χ2n) is 1.54. The van der Waals surface area contributed by atoms with E-state index >= 15 is 0 Å². The largest absolute Gasteiger partial charge is 0.389 e. The van der Waals surface area contributed by atoms with Gasteiger partial charge in [-0.15, -0.1) is 11.3 Å². The fourth-order valence-electron chi connectivity index (χ4n) is 0.475. The summed E-state index contributed by atoms with van der Waals surface area (Å²) in [5.74, 6) is 0. The van der Waals surface area contributed by atoms with Crippen LogP contribution < -0.4 is 0 Å². The number of aliphatic hydroxyl groups is 1. The molecular formula is C5H7AcNOS. The van der Waals surface area contributed by atoms with Crippen LogP contribution in [-0.2, 0) is 6.61 Å². The van der Waals surface area contributed by atoms with Crippen LogP contribution in [0, 0.1) is 51.0 Å². The third kappa shape index (κ3) is 3.08. The molecule has 1 aromatic heterocycles. The van der Waals surface area contributed by atoms with Gasteiger partial charge in [-0.05, 0) is 6.92 Å². The van der Waals surface area contributed by atoms with E-state index in [9.17, 15) is 0 Å². The van der Waals surface area contributed by atoms with Gasteiger partial charge in [0.25, 0.3) is 0 Å². The molecule has 1 rings (SSSR count). The van der Waals surface area contributed by atoms with Gasteiger partial charge in [0.2, 0.25) is 0 Å². The van der Waals surface area contributed by atoms with Crippen molar-refractivity contribution in [3.63, 3.8) is 0 Å². The third-order valence-electron chi connectivity index (χ3n) is 0.802. The van der Waals surface area contributed by atoms with Crippen molar-refractivity contribution in [2.24, 2.45) is 0 Å². The van der Waals surface area contributed by atoms with Crippen LogP contribution in [0.3, 0.4) is 0 Å². The Morgan fingerprint density at radius 3 is 2.67 bits per heavy atom. The quantitative estimate of drug-likeness (QED) is 0.813. The zero-order chi connectivity index (χ0) is 5.98. The molecule has 0 aromatic carbocycles. The molecule has 1 aromatic rings. The fraction of sp³-hybridized carbons (Fsp3) is 0.400. The molecule has 4 heteroatoms. The molecule has 47 valence electrons. The first kappa shape index (κ1) is 10.0. The maximum Gasteiger partial charge on any atom is 0.118 e. The van der Waals surface area contributed by atoms with E-state index < -0.39 is 0 Å². The number of aromatic nitrogens is 1. The van der Waals surface area contributed by atoms with Crippen molar-refractivity contribution in [3.8, 4) is 0 Å². The maximum atomic E-state index is 8.50. The van der Waals surface area contributed by atoms with Crippen molar-refractivity contribution in [2.45, 2.75) is 13.5 Å². The second kappa shape index (κ2) is 4.79. The van der Waals surface area contributed by atoms with Crippen LogP contribution in [0.1, 0.15) is 10.7 Å². The number of nitrogens with zero attached hydrogens (tertiary/aromatic N) is 1. The summed E-state index contributed by atoms with van der Waals surface area (Å²) in [6.07, 6.45) is 0. The minimum Gasteiger partial charge on any atom is -0.389 e. The third-order valence-corrected chi connectivity index (χ3v) is 1.75. The second-order valence-corrected chi connectivity index (χ2v) is 2.48. The summed E-state index contributed by atoms with van der Waals surface area (Å²) in [7, 11) is 0. The summed E-state index contributed by atoms with van der Waals surface area (Å²) in [4.78, 5) is 4.00. The van der Waals surface area contributed by atoms with Crippen molar-refractivity contribution >= 4 is 11.3 Å². The molecule has 0 saturated heterocycles. The van der Waals surface area contributed by atoms with Gasteiger partial charge in [-0.1, -0.05) is 0 Å². The number of rotatable bonds is 1. The van der Waals surface area contributed by atoms with Crippen LogP contribution in [0.2, 0.25) is 0 Å². The molecule has 0 aliphatic heterocycles. The van der Waals surface area contributed by atoms with Gasteiger partial charge in [-0.25, -0.2) is 4.98 Å². The van der Waals surface area contributed by atoms with E-state index in [0.29, 0.717) is 0 Å². The fourth-order valence-corrected chi connectivity index (χ4v) is 1.11. The van der Waals surface area contributed by atoms with Gasteiger partial charge in [-0.2, -0.15) is 0 Å². The minimum atomic E-state index is 0. The van der Waals surface area contributed by atoms with Crippen LogP contribution >= 0.6 is 11.3 Å². The van der Waals surface area contributed by atoms with Crippen molar-refractivity contribution in [2.75, 3.05) is 0 Å². The van der Waals surface area contributed by atoms with Crippen molar-refractivity contribution < 1.29 is 49.2 Å². The Kier molecular flexibility index (Phi) is 5.34. The van der Waals surface area contributed by atoms with Gasteiger partial charge in [0, 0.05) is 55.1 Å². The molecule has 0 aliphatic carbocycles. The predicted octanol–water partition coefficient (Wildman–Crippen LogP) is 0.944. The molecule has 0 fully saturated rings. The molecule has 0 saturated carbocycles. The Morgan fingerprint density at radius 2 is 2.44 bits per heavy atom. The first-order valence-electron chi connectivity index (χ1n) is 2.35. The van der Waals surface area contributed by atoms with Gasteiger partial charge in [0.15, 0.2) is 0 Å². The van der Waals surface area contributed by atoms with Crippen molar-refractivity contribution in [1.82, 2.24) is 4.98 Å². The van der Waals surface area contributed by atoms with E-state index in [1.807, 2.05) is 12.3 Å².